The van der Waals surface area contributed by atoms with Gasteiger partial charge in [0.15, 0.2) is 11.5 Å². The van der Waals surface area contributed by atoms with Crippen molar-refractivity contribution in [2.75, 3.05) is 7.11 Å². The summed E-state index contributed by atoms with van der Waals surface area (Å²) in [5.74, 6) is 0.104. The van der Waals surface area contributed by atoms with Crippen molar-refractivity contribution in [3.05, 3.63) is 98.3 Å². The van der Waals surface area contributed by atoms with Crippen LogP contribution in [0.3, 0.4) is 0 Å². The smallest absolute Gasteiger partial charge is 0.269 e. The Morgan fingerprint density at radius 2 is 1.94 bits per heavy atom. The van der Waals surface area contributed by atoms with Crippen LogP contribution >= 0.6 is 11.6 Å². The highest BCUT2D eigenvalue weighted by molar-refractivity contribution is 6.32. The molecule has 0 bridgehead atoms. The van der Waals surface area contributed by atoms with E-state index in [0.717, 1.165) is 0 Å². The third-order valence-corrected chi connectivity index (χ3v) is 4.66. The largest absolute Gasteiger partial charge is 0.493 e. The van der Waals surface area contributed by atoms with Crippen LogP contribution < -0.4 is 9.47 Å². The van der Waals surface area contributed by atoms with Crippen LogP contribution in [0.25, 0.3) is 11.6 Å². The Morgan fingerprint density at radius 3 is 2.55 bits per heavy atom. The lowest BCUT2D eigenvalue weighted by molar-refractivity contribution is -0.384. The first kappa shape index (κ1) is 21.8. The van der Waals surface area contributed by atoms with E-state index in [-0.39, 0.29) is 34.2 Å². The number of nitro benzene ring substituents is 1. The van der Waals surface area contributed by atoms with E-state index in [1.54, 1.807) is 36.4 Å². The standard InChI is InChI=1S/C23H16ClFN2O4/c1-30-22-12-16(10-17(13-26)19-4-2-3-5-21(19)25)11-20(24)23(22)31-14-15-6-8-18(9-7-15)27(28)29/h2-12H,14H2,1H3/b17-10-. The molecule has 0 aliphatic rings. The lowest BCUT2D eigenvalue weighted by atomic mass is 10.0. The zero-order chi connectivity index (χ0) is 22.4. The predicted molar refractivity (Wildman–Crippen MR) is 115 cm³/mol. The van der Waals surface area contributed by atoms with Gasteiger partial charge in [-0.1, -0.05) is 29.8 Å². The van der Waals surface area contributed by atoms with Crippen molar-refractivity contribution in [1.82, 2.24) is 0 Å². The van der Waals surface area contributed by atoms with Crippen LogP contribution in [0.2, 0.25) is 5.02 Å². The first-order valence-electron chi connectivity index (χ1n) is 9.03. The fourth-order valence-corrected chi connectivity index (χ4v) is 3.12. The molecule has 0 saturated carbocycles. The maximum absolute atomic E-state index is 14.0. The molecule has 0 radical (unpaired) electrons. The molecule has 0 amide bonds. The lowest BCUT2D eigenvalue weighted by Gasteiger charge is -2.13. The Balaban J connectivity index is 1.87. The van der Waals surface area contributed by atoms with Gasteiger partial charge in [-0.2, -0.15) is 5.26 Å². The predicted octanol–water partition coefficient (Wildman–Crippen LogP) is 6.04. The van der Waals surface area contributed by atoms with Crippen LogP contribution in [0.5, 0.6) is 11.5 Å². The van der Waals surface area contributed by atoms with Gasteiger partial charge in [-0.15, -0.1) is 0 Å². The van der Waals surface area contributed by atoms with Gasteiger partial charge in [-0.25, -0.2) is 4.39 Å². The number of non-ortho nitro benzene ring substituents is 1. The first-order valence-corrected chi connectivity index (χ1v) is 9.41. The minimum absolute atomic E-state index is 0.0151. The lowest BCUT2D eigenvalue weighted by Crippen LogP contribution is -1.99. The zero-order valence-corrected chi connectivity index (χ0v) is 17.1. The van der Waals surface area contributed by atoms with Gasteiger partial charge in [0.25, 0.3) is 5.69 Å². The van der Waals surface area contributed by atoms with E-state index in [1.165, 1.54) is 37.5 Å². The molecule has 3 rings (SSSR count). The Morgan fingerprint density at radius 1 is 1.23 bits per heavy atom. The summed E-state index contributed by atoms with van der Waals surface area (Å²) in [5.41, 5.74) is 1.54. The van der Waals surface area contributed by atoms with Gasteiger partial charge < -0.3 is 9.47 Å². The average Bonchev–Trinajstić information content (AvgIpc) is 2.77. The van der Waals surface area contributed by atoms with Crippen LogP contribution in [-0.4, -0.2) is 12.0 Å². The van der Waals surface area contributed by atoms with Gasteiger partial charge in [0, 0.05) is 17.7 Å². The molecule has 31 heavy (non-hydrogen) atoms. The summed E-state index contributed by atoms with van der Waals surface area (Å²) in [7, 11) is 1.44. The molecule has 0 atom stereocenters. The molecule has 0 aromatic heterocycles. The fourth-order valence-electron chi connectivity index (χ4n) is 2.85. The van der Waals surface area contributed by atoms with Gasteiger partial charge in [-0.05, 0) is 47.5 Å². The normalized spacial score (nSPS) is 11.0. The van der Waals surface area contributed by atoms with Crippen LogP contribution in [-0.2, 0) is 6.61 Å². The number of benzene rings is 3. The van der Waals surface area contributed by atoms with Gasteiger partial charge in [-0.3, -0.25) is 10.1 Å². The Hall–Kier alpha value is -3.89. The second-order valence-corrected chi connectivity index (χ2v) is 6.80. The van der Waals surface area contributed by atoms with E-state index < -0.39 is 10.7 Å². The van der Waals surface area contributed by atoms with Crippen molar-refractivity contribution in [1.29, 1.82) is 5.26 Å². The molecular weight excluding hydrogens is 423 g/mol. The van der Waals surface area contributed by atoms with Crippen LogP contribution in [0.1, 0.15) is 16.7 Å². The molecule has 8 heteroatoms. The second-order valence-electron chi connectivity index (χ2n) is 6.40. The summed E-state index contributed by atoms with van der Waals surface area (Å²) >= 11 is 6.37. The Kier molecular flexibility index (Phi) is 6.85. The molecule has 6 nitrogen and oxygen atoms in total. The summed E-state index contributed by atoms with van der Waals surface area (Å²) in [6.45, 7) is 0.113. The third-order valence-electron chi connectivity index (χ3n) is 4.38. The number of hydrogen-bond donors (Lipinski definition) is 0. The Labute approximate surface area is 182 Å². The minimum atomic E-state index is -0.503. The third kappa shape index (κ3) is 5.18. The topological polar surface area (TPSA) is 85.4 Å². The number of rotatable bonds is 7. The molecule has 0 N–H and O–H groups in total. The van der Waals surface area contributed by atoms with Crippen LogP contribution in [0.4, 0.5) is 10.1 Å². The number of allylic oxidation sites excluding steroid dienone is 1. The van der Waals surface area contributed by atoms with E-state index in [0.29, 0.717) is 16.9 Å². The van der Waals surface area contributed by atoms with Gasteiger partial charge >= 0.3 is 0 Å². The van der Waals surface area contributed by atoms with Crippen LogP contribution in [0.15, 0.2) is 60.7 Å². The molecule has 0 aliphatic heterocycles. The van der Waals surface area contributed by atoms with E-state index in [9.17, 15) is 19.8 Å². The molecule has 156 valence electrons. The quantitative estimate of drug-likeness (QED) is 0.194. The Bertz CT molecular complexity index is 1190. The van der Waals surface area contributed by atoms with Crippen molar-refractivity contribution >= 4 is 28.9 Å². The highest BCUT2D eigenvalue weighted by Gasteiger charge is 2.14. The minimum Gasteiger partial charge on any atom is -0.493 e. The monoisotopic (exact) mass is 438 g/mol. The summed E-state index contributed by atoms with van der Waals surface area (Å²) < 4.78 is 25.2. The second kappa shape index (κ2) is 9.74. The number of nitro groups is 1. The van der Waals surface area contributed by atoms with E-state index in [1.807, 2.05) is 6.07 Å². The maximum Gasteiger partial charge on any atom is 0.269 e. The summed E-state index contributed by atoms with van der Waals surface area (Å²) in [4.78, 5) is 10.3. The first-order chi connectivity index (χ1) is 14.9. The van der Waals surface area contributed by atoms with Crippen molar-refractivity contribution < 1.29 is 18.8 Å². The van der Waals surface area contributed by atoms with Crippen LogP contribution in [0, 0.1) is 27.3 Å². The maximum atomic E-state index is 14.0. The summed E-state index contributed by atoms with van der Waals surface area (Å²) in [5, 5.41) is 20.5. The number of nitriles is 1. The van der Waals surface area contributed by atoms with Crippen molar-refractivity contribution in [3.63, 3.8) is 0 Å². The van der Waals surface area contributed by atoms with Crippen molar-refractivity contribution in [3.8, 4) is 17.6 Å². The number of nitrogens with zero attached hydrogens (tertiary/aromatic N) is 2. The van der Waals surface area contributed by atoms with Crippen molar-refractivity contribution in [2.24, 2.45) is 0 Å². The number of ether oxygens (including phenoxy) is 2. The molecule has 0 saturated heterocycles. The molecule has 0 fully saturated rings. The van der Waals surface area contributed by atoms with Gasteiger partial charge in [0.2, 0.25) is 0 Å². The fraction of sp³-hybridized carbons (Fsp3) is 0.0870. The summed E-state index contributed by atoms with van der Waals surface area (Å²) in [6, 6.07) is 17.1. The van der Waals surface area contributed by atoms with E-state index >= 15 is 0 Å². The SMILES string of the molecule is COc1cc(/C=C(/C#N)c2ccccc2F)cc(Cl)c1OCc1ccc([N+](=O)[O-])cc1. The number of methoxy groups -OCH3 is 1. The summed E-state index contributed by atoms with van der Waals surface area (Å²) in [6.07, 6.45) is 1.51. The molecule has 0 aliphatic carbocycles. The van der Waals surface area contributed by atoms with E-state index in [4.69, 9.17) is 21.1 Å². The van der Waals surface area contributed by atoms with Crippen molar-refractivity contribution in [2.45, 2.75) is 6.61 Å². The van der Waals surface area contributed by atoms with E-state index in [2.05, 4.69) is 0 Å². The van der Waals surface area contributed by atoms with Gasteiger partial charge in [0.05, 0.1) is 28.7 Å². The molecular formula is C23H16ClFN2O4. The molecule has 3 aromatic rings. The highest BCUT2D eigenvalue weighted by Crippen LogP contribution is 2.38. The highest BCUT2D eigenvalue weighted by atomic mass is 35.5. The zero-order valence-electron chi connectivity index (χ0n) is 16.3. The number of halogens is 2. The van der Waals surface area contributed by atoms with Gasteiger partial charge in [0.1, 0.15) is 12.4 Å². The molecule has 0 unspecified atom stereocenters. The molecule has 3 aromatic carbocycles. The molecule has 0 spiro atoms. The number of hydrogen-bond acceptors (Lipinski definition) is 5. The average molecular weight is 439 g/mol. The molecule has 0 heterocycles.